The van der Waals surface area contributed by atoms with Crippen molar-refractivity contribution in [2.75, 3.05) is 47.5 Å². The van der Waals surface area contributed by atoms with Crippen LogP contribution in [0.3, 0.4) is 0 Å². The maximum atomic E-state index is 12.9. The molecule has 9 nitrogen and oxygen atoms in total. The van der Waals surface area contributed by atoms with Gasteiger partial charge >= 0.3 is 11.9 Å². The Kier molecular flexibility index (Phi) is 67.0. The summed E-state index contributed by atoms with van der Waals surface area (Å²) in [6.45, 7) is 4.12. The molecule has 10 heteroatoms. The van der Waals surface area contributed by atoms with Gasteiger partial charge < -0.3 is 27.9 Å². The average molecular weight is 1280 g/mol. The highest BCUT2D eigenvalue weighted by molar-refractivity contribution is 7.45. The van der Waals surface area contributed by atoms with Crippen LogP contribution in [-0.4, -0.2) is 70.0 Å². The van der Waals surface area contributed by atoms with Crippen molar-refractivity contribution in [2.24, 2.45) is 0 Å². The number of hydrogen-bond acceptors (Lipinski definition) is 8. The molecule has 91 heavy (non-hydrogen) atoms. The van der Waals surface area contributed by atoms with E-state index in [1.165, 1.54) is 148 Å². The van der Waals surface area contributed by atoms with Gasteiger partial charge in [0.1, 0.15) is 19.8 Å². The fourth-order valence-corrected chi connectivity index (χ4v) is 10.7. The van der Waals surface area contributed by atoms with Crippen molar-refractivity contribution in [3.8, 4) is 0 Å². The van der Waals surface area contributed by atoms with Crippen LogP contribution in [0, 0.1) is 0 Å². The summed E-state index contributed by atoms with van der Waals surface area (Å²) in [7, 11) is 1.14. The molecule has 0 aliphatic heterocycles. The molecule has 0 N–H and O–H groups in total. The molecule has 0 bridgehead atoms. The Labute approximate surface area is 561 Å². The first-order valence-corrected chi connectivity index (χ1v) is 38.5. The van der Waals surface area contributed by atoms with E-state index in [9.17, 15) is 19.0 Å². The van der Waals surface area contributed by atoms with E-state index in [0.29, 0.717) is 17.4 Å². The topological polar surface area (TPSA) is 111 Å². The fraction of sp³-hybridized carbons (Fsp3) is 0.679. The molecule has 520 valence electrons. The van der Waals surface area contributed by atoms with Crippen LogP contribution in [0.5, 0.6) is 0 Å². The van der Waals surface area contributed by atoms with Crippen molar-refractivity contribution >= 4 is 19.8 Å². The van der Waals surface area contributed by atoms with Crippen LogP contribution in [-0.2, 0) is 32.7 Å². The van der Waals surface area contributed by atoms with E-state index in [1.807, 2.05) is 21.1 Å². The molecule has 0 aromatic carbocycles. The van der Waals surface area contributed by atoms with E-state index in [0.717, 1.165) is 122 Å². The van der Waals surface area contributed by atoms with Crippen LogP contribution in [0.2, 0.25) is 0 Å². The Balaban J connectivity index is 4.14. The molecule has 0 aromatic rings. The lowest BCUT2D eigenvalue weighted by Crippen LogP contribution is -2.37. The van der Waals surface area contributed by atoms with Gasteiger partial charge in [0, 0.05) is 12.8 Å². The zero-order valence-electron chi connectivity index (χ0n) is 59.2. The highest BCUT2D eigenvalue weighted by Crippen LogP contribution is 2.38. The van der Waals surface area contributed by atoms with Crippen LogP contribution in [0.15, 0.2) is 146 Å². The van der Waals surface area contributed by atoms with E-state index >= 15 is 0 Å². The average Bonchev–Trinajstić information content (AvgIpc) is 3.69. The number of rotatable bonds is 67. The second kappa shape index (κ2) is 70.2. The Bertz CT molecular complexity index is 2050. The molecule has 0 saturated heterocycles. The Morgan fingerprint density at radius 1 is 0.352 bits per heavy atom. The molecule has 0 amide bonds. The maximum absolute atomic E-state index is 12.9. The molecular formula is C81H138NO8P. The molecular weight excluding hydrogens is 1150 g/mol. The lowest BCUT2D eigenvalue weighted by atomic mass is 10.0. The first-order valence-electron chi connectivity index (χ1n) is 37.0. The number of phosphoric acid groups is 1. The minimum Gasteiger partial charge on any atom is -0.756 e. The van der Waals surface area contributed by atoms with Crippen LogP contribution in [0.4, 0.5) is 0 Å². The molecule has 0 saturated carbocycles. The van der Waals surface area contributed by atoms with Crippen molar-refractivity contribution in [3.05, 3.63) is 146 Å². The lowest BCUT2D eigenvalue weighted by Gasteiger charge is -2.28. The third-order valence-electron chi connectivity index (χ3n) is 15.6. The van der Waals surface area contributed by atoms with Gasteiger partial charge in [-0.25, -0.2) is 0 Å². The largest absolute Gasteiger partial charge is 0.756 e. The van der Waals surface area contributed by atoms with E-state index < -0.39 is 26.5 Å². The Morgan fingerprint density at radius 2 is 0.626 bits per heavy atom. The minimum atomic E-state index is -4.66. The van der Waals surface area contributed by atoms with Crippen LogP contribution >= 0.6 is 7.82 Å². The van der Waals surface area contributed by atoms with Gasteiger partial charge in [-0.2, -0.15) is 0 Å². The third-order valence-corrected chi connectivity index (χ3v) is 16.6. The lowest BCUT2D eigenvalue weighted by molar-refractivity contribution is -0.870. The molecule has 2 unspecified atom stereocenters. The number of nitrogens with zero attached hydrogens (tertiary/aromatic N) is 1. The van der Waals surface area contributed by atoms with Crippen LogP contribution < -0.4 is 4.89 Å². The van der Waals surface area contributed by atoms with Crippen molar-refractivity contribution in [2.45, 2.75) is 309 Å². The van der Waals surface area contributed by atoms with Crippen molar-refractivity contribution < 1.29 is 42.1 Å². The molecule has 0 aliphatic carbocycles. The summed E-state index contributed by atoms with van der Waals surface area (Å²) < 4.78 is 34.3. The molecule has 0 fully saturated rings. The summed E-state index contributed by atoms with van der Waals surface area (Å²) in [6, 6.07) is 0. The second-order valence-corrected chi connectivity index (χ2v) is 27.0. The van der Waals surface area contributed by atoms with Gasteiger partial charge in [0.15, 0.2) is 6.10 Å². The summed E-state index contributed by atoms with van der Waals surface area (Å²) in [5.41, 5.74) is 0. The number of likely N-dealkylation sites (N-methyl/N-ethyl adjacent to an activating group) is 1. The number of phosphoric ester groups is 1. The second-order valence-electron chi connectivity index (χ2n) is 25.6. The number of hydrogen-bond donors (Lipinski definition) is 0. The number of carbonyl (C=O) groups excluding carboxylic acids is 2. The molecule has 0 aliphatic rings. The molecule has 0 spiro atoms. The Hall–Kier alpha value is -4.11. The fourth-order valence-electron chi connectivity index (χ4n) is 9.99. The van der Waals surface area contributed by atoms with Gasteiger partial charge in [-0.15, -0.1) is 0 Å². The Morgan fingerprint density at radius 3 is 0.934 bits per heavy atom. The highest BCUT2D eigenvalue weighted by atomic mass is 31.2. The van der Waals surface area contributed by atoms with Crippen LogP contribution in [0.1, 0.15) is 303 Å². The van der Waals surface area contributed by atoms with Gasteiger partial charge in [-0.05, 0) is 103 Å². The zero-order valence-corrected chi connectivity index (χ0v) is 60.1. The minimum absolute atomic E-state index is 0.0417. The monoisotopic (exact) mass is 1280 g/mol. The number of unbranched alkanes of at least 4 members (excludes halogenated alkanes) is 29. The van der Waals surface area contributed by atoms with E-state index in [1.54, 1.807) is 0 Å². The smallest absolute Gasteiger partial charge is 0.306 e. The third kappa shape index (κ3) is 74.8. The predicted octanol–water partition coefficient (Wildman–Crippen LogP) is 23.9. The highest BCUT2D eigenvalue weighted by Gasteiger charge is 2.22. The quantitative estimate of drug-likeness (QED) is 0.0195. The van der Waals surface area contributed by atoms with Gasteiger partial charge in [0.05, 0.1) is 27.7 Å². The van der Waals surface area contributed by atoms with Crippen molar-refractivity contribution in [3.63, 3.8) is 0 Å². The number of ether oxygens (including phenoxy) is 2. The maximum Gasteiger partial charge on any atom is 0.306 e. The summed E-state index contributed by atoms with van der Waals surface area (Å²) in [6.07, 6.45) is 104. The molecule has 0 rings (SSSR count). The molecule has 0 heterocycles. The molecule has 0 radical (unpaired) electrons. The predicted molar refractivity (Wildman–Crippen MR) is 392 cm³/mol. The van der Waals surface area contributed by atoms with E-state index in [4.69, 9.17) is 18.5 Å². The van der Waals surface area contributed by atoms with Gasteiger partial charge in [-0.3, -0.25) is 14.2 Å². The molecule has 0 aromatic heterocycles. The summed E-state index contributed by atoms with van der Waals surface area (Å²) in [5.74, 6) is -0.860. The molecule has 2 atom stereocenters. The summed E-state index contributed by atoms with van der Waals surface area (Å²) in [4.78, 5) is 38.1. The van der Waals surface area contributed by atoms with Gasteiger partial charge in [0.25, 0.3) is 7.82 Å². The van der Waals surface area contributed by atoms with Gasteiger partial charge in [-0.1, -0.05) is 333 Å². The first kappa shape index (κ1) is 86.9. The van der Waals surface area contributed by atoms with Gasteiger partial charge in [0.2, 0.25) is 0 Å². The van der Waals surface area contributed by atoms with E-state index in [-0.39, 0.29) is 32.0 Å². The van der Waals surface area contributed by atoms with Crippen LogP contribution in [0.25, 0.3) is 0 Å². The SMILES string of the molecule is CC/C=C\C/C=C\C/C=C\C/C=C\C/C=C\C/C=C\C/C=C\C/C=C\C/C=C\C/C=C\C/C=C\C/C=C\CCCCCCC(=O)OC(COC(=O)CCCCCCCCCCCCCCCCCCCCCCCCCCCC)COP(=O)([O-])OCC[N+](C)(C)C. The summed E-state index contributed by atoms with van der Waals surface area (Å²) in [5, 5.41) is 0. The van der Waals surface area contributed by atoms with E-state index in [2.05, 4.69) is 160 Å². The van der Waals surface area contributed by atoms with Crippen molar-refractivity contribution in [1.82, 2.24) is 0 Å². The normalized spacial score (nSPS) is 14.0. The number of esters is 2. The number of carbonyl (C=O) groups is 2. The number of quaternary nitrogens is 1. The zero-order chi connectivity index (χ0) is 66.2. The first-order chi connectivity index (χ1) is 44.5. The summed E-state index contributed by atoms with van der Waals surface area (Å²) >= 11 is 0. The standard InChI is InChI=1S/C81H138NO8P/c1-6-8-10-12-14-16-18-20-22-24-26-28-30-32-34-35-36-37-38-39-40-41-42-43-44-45-46-47-48-50-52-54-56-58-60-62-64-66-68-70-72-74-81(84)90-79(78-89-91(85,86)88-76-75-82(3,4)5)77-87-80(83)73-71-69-67-65-63-61-59-57-55-53-51-49-33-31-29-27-25-23-21-19-17-15-13-11-9-7-2/h8,10,14,16,20,22,26,28,32,34,36-37,39-40,42-43,45-46,48,50,54,56,60,62,79H,6-7,9,11-13,15,17-19,21,23-25,27,29-31,33,35,38,41,44,47,49,51-53,55,57-59,61,63-78H2,1-5H3/b10-8-,16-14-,22-20-,28-26-,34-32-,37-36-,40-39-,43-42-,46-45-,50-48-,56-54-,62-60-. The number of allylic oxidation sites excluding steroid dienone is 24. The van der Waals surface area contributed by atoms with Crippen molar-refractivity contribution in [1.29, 1.82) is 0 Å².